The Bertz CT molecular complexity index is 479. The number of amides is 1. The van der Waals surface area contributed by atoms with E-state index in [-0.39, 0.29) is 5.92 Å². The molecule has 1 unspecified atom stereocenters. The molecule has 0 aliphatic carbocycles. The summed E-state index contributed by atoms with van der Waals surface area (Å²) in [6, 6.07) is 6.53. The van der Waals surface area contributed by atoms with Crippen LogP contribution in [0.3, 0.4) is 0 Å². The molecule has 6 heteroatoms. The van der Waals surface area contributed by atoms with E-state index >= 15 is 0 Å². The van der Waals surface area contributed by atoms with E-state index < -0.39 is 15.9 Å². The number of benzene rings is 1. The Morgan fingerprint density at radius 1 is 1.31 bits per heavy atom. The van der Waals surface area contributed by atoms with Crippen LogP contribution in [-0.4, -0.2) is 20.6 Å². The van der Waals surface area contributed by atoms with Gasteiger partial charge in [0, 0.05) is 5.69 Å². The van der Waals surface area contributed by atoms with Gasteiger partial charge < -0.3 is 5.73 Å². The largest absolute Gasteiger partial charge is 0.369 e. The Balaban J connectivity index is 2.87. The monoisotopic (exact) mass is 242 g/mol. The lowest BCUT2D eigenvalue weighted by molar-refractivity contribution is -0.119. The highest BCUT2D eigenvalue weighted by Crippen LogP contribution is 2.17. The lowest BCUT2D eigenvalue weighted by atomic mass is 10.0. The lowest BCUT2D eigenvalue weighted by Gasteiger charge is -2.09. The van der Waals surface area contributed by atoms with Crippen LogP contribution in [0, 0.1) is 0 Å². The van der Waals surface area contributed by atoms with Crippen molar-refractivity contribution in [3.63, 3.8) is 0 Å². The smallest absolute Gasteiger partial charge is 0.229 e. The summed E-state index contributed by atoms with van der Waals surface area (Å²) in [5.74, 6) is -0.795. The average molecular weight is 242 g/mol. The maximum Gasteiger partial charge on any atom is 0.229 e. The van der Waals surface area contributed by atoms with Crippen LogP contribution in [0.15, 0.2) is 24.3 Å². The van der Waals surface area contributed by atoms with E-state index in [1.165, 1.54) is 0 Å². The van der Waals surface area contributed by atoms with Gasteiger partial charge in [0.15, 0.2) is 0 Å². The molecule has 5 nitrogen and oxygen atoms in total. The normalized spacial score (nSPS) is 13.1. The minimum Gasteiger partial charge on any atom is -0.369 e. The van der Waals surface area contributed by atoms with Gasteiger partial charge in [-0.3, -0.25) is 9.52 Å². The zero-order chi connectivity index (χ0) is 12.3. The number of nitrogens with two attached hydrogens (primary N) is 1. The SMILES string of the molecule is CC(C(N)=O)c1ccc(NS(C)(=O)=O)cc1. The molecule has 0 fully saturated rings. The molecule has 1 amide bonds. The van der Waals surface area contributed by atoms with Crippen molar-refractivity contribution in [3.8, 4) is 0 Å². The first-order chi connectivity index (χ1) is 7.29. The van der Waals surface area contributed by atoms with Gasteiger partial charge in [0.05, 0.1) is 12.2 Å². The standard InChI is InChI=1S/C10H14N2O3S/c1-7(10(11)13)8-3-5-9(6-4-8)12-16(2,14)15/h3-7,12H,1-2H3,(H2,11,13). The first-order valence-corrected chi connectivity index (χ1v) is 6.56. The Labute approximate surface area is 94.7 Å². The fraction of sp³-hybridized carbons (Fsp3) is 0.300. The molecule has 0 saturated heterocycles. The molecule has 0 aliphatic rings. The molecule has 0 aliphatic heterocycles. The van der Waals surface area contributed by atoms with E-state index in [2.05, 4.69) is 4.72 Å². The third kappa shape index (κ3) is 3.54. The van der Waals surface area contributed by atoms with Crippen molar-refractivity contribution in [3.05, 3.63) is 29.8 Å². The molecule has 1 atom stereocenters. The third-order valence-corrected chi connectivity index (χ3v) is 2.75. The maximum absolute atomic E-state index is 10.9. The van der Waals surface area contributed by atoms with Crippen LogP contribution < -0.4 is 10.5 Å². The van der Waals surface area contributed by atoms with Crippen molar-refractivity contribution in [2.45, 2.75) is 12.8 Å². The molecule has 0 saturated carbocycles. The van der Waals surface area contributed by atoms with Gasteiger partial charge >= 0.3 is 0 Å². The van der Waals surface area contributed by atoms with E-state index in [9.17, 15) is 13.2 Å². The number of hydrogen-bond acceptors (Lipinski definition) is 3. The van der Waals surface area contributed by atoms with Crippen LogP contribution in [0.5, 0.6) is 0 Å². The summed E-state index contributed by atoms with van der Waals surface area (Å²) in [5.41, 5.74) is 6.37. The molecule has 1 rings (SSSR count). The maximum atomic E-state index is 10.9. The molecule has 1 aromatic rings. The second-order valence-corrected chi connectivity index (χ2v) is 5.37. The van der Waals surface area contributed by atoms with Gasteiger partial charge in [-0.05, 0) is 24.6 Å². The van der Waals surface area contributed by atoms with Crippen molar-refractivity contribution in [2.24, 2.45) is 5.73 Å². The second kappa shape index (κ2) is 4.52. The van der Waals surface area contributed by atoms with E-state index in [4.69, 9.17) is 5.73 Å². The number of carbonyl (C=O) groups is 1. The number of nitrogens with one attached hydrogen (secondary N) is 1. The summed E-state index contributed by atoms with van der Waals surface area (Å²) in [6.07, 6.45) is 1.08. The van der Waals surface area contributed by atoms with Crippen molar-refractivity contribution in [1.82, 2.24) is 0 Å². The van der Waals surface area contributed by atoms with Crippen LogP contribution in [0.2, 0.25) is 0 Å². The van der Waals surface area contributed by atoms with Gasteiger partial charge in [-0.15, -0.1) is 0 Å². The van der Waals surface area contributed by atoms with E-state index in [0.29, 0.717) is 5.69 Å². The van der Waals surface area contributed by atoms with Gasteiger partial charge in [-0.25, -0.2) is 8.42 Å². The van der Waals surface area contributed by atoms with Gasteiger partial charge in [0.2, 0.25) is 15.9 Å². The lowest BCUT2D eigenvalue weighted by Crippen LogP contribution is -2.18. The number of carbonyl (C=O) groups excluding carboxylic acids is 1. The summed E-state index contributed by atoms with van der Waals surface area (Å²) in [4.78, 5) is 10.9. The zero-order valence-corrected chi connectivity index (χ0v) is 9.91. The van der Waals surface area contributed by atoms with Crippen LogP contribution in [-0.2, 0) is 14.8 Å². The first-order valence-electron chi connectivity index (χ1n) is 4.66. The van der Waals surface area contributed by atoms with Crippen LogP contribution in [0.25, 0.3) is 0 Å². The minimum atomic E-state index is -3.27. The molecule has 16 heavy (non-hydrogen) atoms. The topological polar surface area (TPSA) is 89.3 Å². The molecule has 0 bridgehead atoms. The predicted octanol–water partition coefficient (Wildman–Crippen LogP) is 0.647. The molecule has 0 spiro atoms. The van der Waals surface area contributed by atoms with E-state index in [1.807, 2.05) is 0 Å². The molecule has 3 N–H and O–H groups in total. The highest BCUT2D eigenvalue weighted by molar-refractivity contribution is 7.92. The molecule has 1 aromatic carbocycles. The molecule has 0 aromatic heterocycles. The third-order valence-electron chi connectivity index (χ3n) is 2.14. The fourth-order valence-corrected chi connectivity index (χ4v) is 1.78. The first kappa shape index (κ1) is 12.5. The predicted molar refractivity (Wildman–Crippen MR) is 62.5 cm³/mol. The Morgan fingerprint density at radius 3 is 2.19 bits per heavy atom. The zero-order valence-electron chi connectivity index (χ0n) is 9.10. The number of primary amides is 1. The highest BCUT2D eigenvalue weighted by Gasteiger charge is 2.11. The Hall–Kier alpha value is -1.56. The second-order valence-electron chi connectivity index (χ2n) is 3.62. The number of hydrogen-bond donors (Lipinski definition) is 2. The molecule has 0 heterocycles. The van der Waals surface area contributed by atoms with Crippen LogP contribution in [0.1, 0.15) is 18.4 Å². The van der Waals surface area contributed by atoms with Crippen LogP contribution >= 0.6 is 0 Å². The average Bonchev–Trinajstić information content (AvgIpc) is 2.15. The van der Waals surface area contributed by atoms with E-state index in [1.54, 1.807) is 31.2 Å². The summed E-state index contributed by atoms with van der Waals surface area (Å²) in [6.45, 7) is 1.70. The Kier molecular flexibility index (Phi) is 3.54. The van der Waals surface area contributed by atoms with Gasteiger partial charge in [-0.2, -0.15) is 0 Å². The summed E-state index contributed by atoms with van der Waals surface area (Å²) in [5, 5.41) is 0. The van der Waals surface area contributed by atoms with Crippen molar-refractivity contribution in [1.29, 1.82) is 0 Å². The summed E-state index contributed by atoms with van der Waals surface area (Å²) >= 11 is 0. The summed E-state index contributed by atoms with van der Waals surface area (Å²) in [7, 11) is -3.27. The van der Waals surface area contributed by atoms with Crippen molar-refractivity contribution >= 4 is 21.6 Å². The van der Waals surface area contributed by atoms with E-state index in [0.717, 1.165) is 11.8 Å². The van der Waals surface area contributed by atoms with Gasteiger partial charge in [0.1, 0.15) is 0 Å². The number of sulfonamides is 1. The Morgan fingerprint density at radius 2 is 1.81 bits per heavy atom. The minimum absolute atomic E-state index is 0.382. The molecule has 88 valence electrons. The van der Waals surface area contributed by atoms with Gasteiger partial charge in [-0.1, -0.05) is 12.1 Å². The number of rotatable bonds is 4. The number of anilines is 1. The molecular weight excluding hydrogens is 228 g/mol. The fourth-order valence-electron chi connectivity index (χ4n) is 1.22. The molecule has 0 radical (unpaired) electrons. The van der Waals surface area contributed by atoms with Crippen LogP contribution in [0.4, 0.5) is 5.69 Å². The highest BCUT2D eigenvalue weighted by atomic mass is 32.2. The summed E-state index contributed by atoms with van der Waals surface area (Å²) < 4.78 is 24.2. The van der Waals surface area contributed by atoms with Gasteiger partial charge in [0.25, 0.3) is 0 Å². The van der Waals surface area contributed by atoms with Crippen molar-refractivity contribution < 1.29 is 13.2 Å². The molecular formula is C10H14N2O3S. The quantitative estimate of drug-likeness (QED) is 0.812. The van der Waals surface area contributed by atoms with Crippen molar-refractivity contribution in [2.75, 3.05) is 11.0 Å².